The first-order chi connectivity index (χ1) is 5.18. The molecule has 0 saturated carbocycles. The minimum atomic E-state index is -2.79. The van der Waals surface area contributed by atoms with Crippen LogP contribution in [-0.2, 0) is 0 Å². The van der Waals surface area contributed by atoms with E-state index in [-0.39, 0.29) is 5.75 Å². The molecule has 0 fully saturated rings. The summed E-state index contributed by atoms with van der Waals surface area (Å²) in [5.74, 6) is 0.0774. The number of halogens is 2. The van der Waals surface area contributed by atoms with Gasteiger partial charge in [-0.3, -0.25) is 0 Å². The van der Waals surface area contributed by atoms with E-state index in [0.717, 1.165) is 0 Å². The van der Waals surface area contributed by atoms with Gasteiger partial charge < -0.3 is 9.72 Å². The Morgan fingerprint density at radius 3 is 2.64 bits per heavy atom. The Morgan fingerprint density at radius 2 is 2.18 bits per heavy atom. The van der Waals surface area contributed by atoms with E-state index in [1.165, 1.54) is 18.3 Å². The van der Waals surface area contributed by atoms with Crippen molar-refractivity contribution in [2.75, 3.05) is 0 Å². The minimum absolute atomic E-state index is 0.0774. The smallest absolute Gasteiger partial charge is 0.387 e. The lowest BCUT2D eigenvalue weighted by Gasteiger charge is -2.01. The Hall–Kier alpha value is -0.970. The molecule has 1 heterocycles. The van der Waals surface area contributed by atoms with E-state index in [1.807, 2.05) is 0 Å². The number of H-pyrrole nitrogens is 1. The van der Waals surface area contributed by atoms with Crippen LogP contribution in [0.3, 0.4) is 0 Å². The Morgan fingerprint density at radius 1 is 1.45 bits per heavy atom. The van der Waals surface area contributed by atoms with E-state index >= 15 is 0 Å². The Balaban J connectivity index is 2.74. The fourth-order valence-electron chi connectivity index (χ4n) is 0.572. The van der Waals surface area contributed by atoms with Gasteiger partial charge in [0.15, 0.2) is 0 Å². The first-order valence-corrected chi connectivity index (χ1v) is 3.23. The molecule has 11 heavy (non-hydrogen) atoms. The van der Waals surface area contributed by atoms with E-state index in [2.05, 4.69) is 21.9 Å². The zero-order valence-corrected chi connectivity index (χ0v) is 6.20. The largest absolute Gasteiger partial charge is 0.433 e. The van der Waals surface area contributed by atoms with Crippen molar-refractivity contribution in [2.24, 2.45) is 0 Å². The Bertz CT molecular complexity index is 266. The maximum Gasteiger partial charge on any atom is 0.387 e. The van der Waals surface area contributed by atoms with Crippen molar-refractivity contribution in [2.45, 2.75) is 6.61 Å². The minimum Gasteiger partial charge on any atom is -0.433 e. The van der Waals surface area contributed by atoms with Gasteiger partial charge in [0.05, 0.1) is 0 Å². The predicted molar refractivity (Wildman–Crippen MR) is 38.3 cm³/mol. The number of rotatable bonds is 2. The molecule has 0 unspecified atom stereocenters. The number of aromatic nitrogens is 1. The van der Waals surface area contributed by atoms with E-state index in [9.17, 15) is 8.78 Å². The second-order valence-electron chi connectivity index (χ2n) is 1.77. The van der Waals surface area contributed by atoms with Crippen LogP contribution in [0.5, 0.6) is 5.75 Å². The van der Waals surface area contributed by atoms with Crippen LogP contribution in [0.25, 0.3) is 0 Å². The maximum absolute atomic E-state index is 11.6. The molecule has 1 N–H and O–H groups in total. The molecular formula is C6H5F2NOS. The van der Waals surface area contributed by atoms with Crippen LogP contribution >= 0.6 is 12.2 Å². The summed E-state index contributed by atoms with van der Waals surface area (Å²) in [6, 6.07) is 2.86. The monoisotopic (exact) mass is 177 g/mol. The zero-order chi connectivity index (χ0) is 8.27. The lowest BCUT2D eigenvalue weighted by Crippen LogP contribution is -2.01. The maximum atomic E-state index is 11.6. The van der Waals surface area contributed by atoms with E-state index in [4.69, 9.17) is 0 Å². The summed E-state index contributed by atoms with van der Waals surface area (Å²) in [5, 5.41) is 0. The van der Waals surface area contributed by atoms with Crippen LogP contribution in [0, 0.1) is 4.64 Å². The lowest BCUT2D eigenvalue weighted by atomic mass is 10.5. The molecule has 0 aliphatic heterocycles. The van der Waals surface area contributed by atoms with Gasteiger partial charge >= 0.3 is 6.61 Å². The highest BCUT2D eigenvalue weighted by Crippen LogP contribution is 2.10. The number of aromatic amines is 1. The van der Waals surface area contributed by atoms with Crippen LogP contribution in [0.2, 0.25) is 0 Å². The molecule has 0 atom stereocenters. The average Bonchev–Trinajstić information content (AvgIpc) is 1.93. The molecule has 0 bridgehead atoms. The van der Waals surface area contributed by atoms with Crippen LogP contribution in [0.1, 0.15) is 0 Å². The third-order valence-electron chi connectivity index (χ3n) is 0.981. The van der Waals surface area contributed by atoms with Crippen LogP contribution in [-0.4, -0.2) is 11.6 Å². The standard InChI is InChI=1S/C6H5F2NOS/c7-6(8)10-4-1-2-5(11)9-3-4/h1-3,6H,(H,9,11). The van der Waals surface area contributed by atoms with Crippen molar-refractivity contribution in [3.8, 4) is 5.75 Å². The molecule has 1 rings (SSSR count). The van der Waals surface area contributed by atoms with Crippen molar-refractivity contribution < 1.29 is 13.5 Å². The molecule has 1 aromatic heterocycles. The van der Waals surface area contributed by atoms with Crippen LogP contribution in [0.15, 0.2) is 18.3 Å². The second kappa shape index (κ2) is 3.43. The van der Waals surface area contributed by atoms with Crippen molar-refractivity contribution >= 4 is 12.2 Å². The van der Waals surface area contributed by atoms with Crippen molar-refractivity contribution in [3.05, 3.63) is 23.0 Å². The number of hydrogen-bond acceptors (Lipinski definition) is 2. The summed E-state index contributed by atoms with van der Waals surface area (Å²) in [4.78, 5) is 2.56. The molecule has 5 heteroatoms. The van der Waals surface area contributed by atoms with Crippen LogP contribution in [0.4, 0.5) is 8.78 Å². The van der Waals surface area contributed by atoms with Gasteiger partial charge in [0.25, 0.3) is 0 Å². The molecule has 0 aliphatic rings. The van der Waals surface area contributed by atoms with Crippen molar-refractivity contribution in [1.82, 2.24) is 4.98 Å². The zero-order valence-electron chi connectivity index (χ0n) is 5.38. The third kappa shape index (κ3) is 2.63. The third-order valence-corrected chi connectivity index (χ3v) is 1.23. The summed E-state index contributed by atoms with van der Waals surface area (Å²) in [7, 11) is 0. The molecule has 0 radical (unpaired) electrons. The van der Waals surface area contributed by atoms with Gasteiger partial charge in [0.1, 0.15) is 10.4 Å². The summed E-state index contributed by atoms with van der Waals surface area (Å²) < 4.78 is 27.7. The van der Waals surface area contributed by atoms with Gasteiger partial charge in [-0.25, -0.2) is 0 Å². The Labute approximate surface area is 66.8 Å². The molecule has 0 saturated heterocycles. The van der Waals surface area contributed by atoms with Gasteiger partial charge in [-0.15, -0.1) is 0 Å². The molecule has 2 nitrogen and oxygen atoms in total. The second-order valence-corrected chi connectivity index (χ2v) is 2.21. The number of nitrogens with one attached hydrogen (secondary N) is 1. The first kappa shape index (κ1) is 8.13. The molecule has 0 amide bonds. The molecule has 60 valence electrons. The van der Waals surface area contributed by atoms with Crippen molar-refractivity contribution in [1.29, 1.82) is 0 Å². The van der Waals surface area contributed by atoms with Gasteiger partial charge in [-0.1, -0.05) is 12.2 Å². The van der Waals surface area contributed by atoms with Gasteiger partial charge in [0.2, 0.25) is 0 Å². The molecular weight excluding hydrogens is 172 g/mol. The van der Waals surface area contributed by atoms with Crippen LogP contribution < -0.4 is 4.74 Å². The highest BCUT2D eigenvalue weighted by atomic mass is 32.1. The quantitative estimate of drug-likeness (QED) is 0.701. The normalized spacial score (nSPS) is 10.1. The number of ether oxygens (including phenoxy) is 1. The summed E-state index contributed by atoms with van der Waals surface area (Å²) in [6.45, 7) is -2.79. The molecule has 1 aromatic rings. The molecule has 0 aromatic carbocycles. The number of hydrogen-bond donors (Lipinski definition) is 1. The average molecular weight is 177 g/mol. The van der Waals surface area contributed by atoms with E-state index < -0.39 is 6.61 Å². The molecule has 0 spiro atoms. The summed E-state index contributed by atoms with van der Waals surface area (Å²) >= 11 is 4.69. The highest BCUT2D eigenvalue weighted by Gasteiger charge is 2.01. The lowest BCUT2D eigenvalue weighted by molar-refractivity contribution is -0.0500. The fraction of sp³-hybridized carbons (Fsp3) is 0.167. The van der Waals surface area contributed by atoms with E-state index in [1.54, 1.807) is 0 Å². The first-order valence-electron chi connectivity index (χ1n) is 2.82. The topological polar surface area (TPSA) is 25.0 Å². The van der Waals surface area contributed by atoms with Gasteiger partial charge in [0, 0.05) is 6.20 Å². The van der Waals surface area contributed by atoms with Gasteiger partial charge in [-0.05, 0) is 12.1 Å². The highest BCUT2D eigenvalue weighted by molar-refractivity contribution is 7.71. The number of alkyl halides is 2. The number of pyridine rings is 1. The Kier molecular flexibility index (Phi) is 2.53. The predicted octanol–water partition coefficient (Wildman–Crippen LogP) is 2.35. The van der Waals surface area contributed by atoms with E-state index in [0.29, 0.717) is 4.64 Å². The fourth-order valence-corrected chi connectivity index (χ4v) is 0.699. The SMILES string of the molecule is FC(F)Oc1ccc(=S)[nH]c1. The van der Waals surface area contributed by atoms with Crippen molar-refractivity contribution in [3.63, 3.8) is 0 Å². The summed E-state index contributed by atoms with van der Waals surface area (Å²) in [6.07, 6.45) is 1.29. The van der Waals surface area contributed by atoms with Gasteiger partial charge in [-0.2, -0.15) is 8.78 Å². The summed E-state index contributed by atoms with van der Waals surface area (Å²) in [5.41, 5.74) is 0. The molecule has 0 aliphatic carbocycles.